The first-order chi connectivity index (χ1) is 8.79. The second-order valence-electron chi connectivity index (χ2n) is 3.41. The van der Waals surface area contributed by atoms with Crippen LogP contribution >= 0.6 is 22.9 Å². The Bertz CT molecular complexity index is 569. The van der Waals surface area contributed by atoms with Gasteiger partial charge in [0.25, 0.3) is 5.19 Å². The Hall–Kier alpha value is -1.57. The average Bonchev–Trinajstić information content (AvgIpc) is 2.84. The van der Waals surface area contributed by atoms with E-state index >= 15 is 0 Å². The van der Waals surface area contributed by atoms with E-state index in [1.165, 1.54) is 11.3 Å². The number of ether oxygens (including phenoxy) is 1. The van der Waals surface area contributed by atoms with Crippen LogP contribution in [0.15, 0.2) is 24.3 Å². The van der Waals surface area contributed by atoms with E-state index in [0.29, 0.717) is 23.2 Å². The van der Waals surface area contributed by atoms with Crippen LogP contribution in [-0.2, 0) is 0 Å². The fourth-order valence-electron chi connectivity index (χ4n) is 1.29. The first-order valence-electron chi connectivity index (χ1n) is 5.41. The third-order valence-corrected chi connectivity index (χ3v) is 3.26. The second kappa shape index (κ2) is 6.39. The molecule has 0 saturated heterocycles. The second-order valence-corrected chi connectivity index (χ2v) is 4.78. The van der Waals surface area contributed by atoms with Crippen LogP contribution in [0.2, 0.25) is 5.02 Å². The van der Waals surface area contributed by atoms with Gasteiger partial charge in [-0.15, -0.1) is 16.9 Å². The molecule has 1 aromatic carbocycles. The van der Waals surface area contributed by atoms with Gasteiger partial charge >= 0.3 is 0 Å². The highest BCUT2D eigenvalue weighted by Crippen LogP contribution is 2.28. The molecule has 92 valence electrons. The fraction of sp³-hybridized carbons (Fsp3) is 0.231. The van der Waals surface area contributed by atoms with Gasteiger partial charge in [-0.05, 0) is 19.1 Å². The van der Waals surface area contributed by atoms with Gasteiger partial charge in [0.2, 0.25) is 0 Å². The van der Waals surface area contributed by atoms with Gasteiger partial charge < -0.3 is 4.74 Å². The summed E-state index contributed by atoms with van der Waals surface area (Å²) in [5.74, 6) is 5.75. The zero-order chi connectivity index (χ0) is 12.8. The largest absolute Gasteiger partial charge is 0.468 e. The molecule has 0 atom stereocenters. The first-order valence-corrected chi connectivity index (χ1v) is 6.61. The zero-order valence-electron chi connectivity index (χ0n) is 9.81. The van der Waals surface area contributed by atoms with E-state index in [4.69, 9.17) is 16.3 Å². The third-order valence-electron chi connectivity index (χ3n) is 2.13. The molecular formula is C13H11ClN2OS. The van der Waals surface area contributed by atoms with Gasteiger partial charge in [0.15, 0.2) is 5.01 Å². The standard InChI is InChI=1S/C13H11ClN2OS/c1-2-3-4-9-17-13-16-15-12(18-13)10-5-7-11(14)8-6-10/h5-8H,4,9H2,1H3. The maximum atomic E-state index is 5.83. The predicted molar refractivity (Wildman–Crippen MR) is 73.9 cm³/mol. The highest BCUT2D eigenvalue weighted by atomic mass is 35.5. The topological polar surface area (TPSA) is 35.0 Å². The Balaban J connectivity index is 2.00. The van der Waals surface area contributed by atoms with Crippen LogP contribution in [0.1, 0.15) is 13.3 Å². The van der Waals surface area contributed by atoms with Gasteiger partial charge in [0.1, 0.15) is 6.61 Å². The molecule has 2 rings (SSSR count). The molecule has 0 saturated carbocycles. The minimum absolute atomic E-state index is 0.538. The Morgan fingerprint density at radius 1 is 1.28 bits per heavy atom. The molecule has 18 heavy (non-hydrogen) atoms. The summed E-state index contributed by atoms with van der Waals surface area (Å²) in [5.41, 5.74) is 0.986. The molecule has 0 spiro atoms. The van der Waals surface area contributed by atoms with Crippen molar-refractivity contribution in [2.24, 2.45) is 0 Å². The maximum absolute atomic E-state index is 5.83. The summed E-state index contributed by atoms with van der Waals surface area (Å²) < 4.78 is 5.45. The van der Waals surface area contributed by atoms with Crippen LogP contribution in [0.3, 0.4) is 0 Å². The zero-order valence-corrected chi connectivity index (χ0v) is 11.4. The molecule has 3 nitrogen and oxygen atoms in total. The lowest BCUT2D eigenvalue weighted by atomic mass is 10.2. The number of hydrogen-bond acceptors (Lipinski definition) is 4. The fourth-order valence-corrected chi connectivity index (χ4v) is 2.14. The minimum Gasteiger partial charge on any atom is -0.468 e. The normalized spacial score (nSPS) is 9.67. The highest BCUT2D eigenvalue weighted by Gasteiger charge is 2.06. The van der Waals surface area contributed by atoms with Crippen molar-refractivity contribution in [3.05, 3.63) is 29.3 Å². The summed E-state index contributed by atoms with van der Waals surface area (Å²) in [6.45, 7) is 2.35. The van der Waals surface area contributed by atoms with Crippen LogP contribution in [0, 0.1) is 11.8 Å². The van der Waals surface area contributed by atoms with Crippen molar-refractivity contribution < 1.29 is 4.74 Å². The third kappa shape index (κ3) is 3.46. The number of halogens is 1. The van der Waals surface area contributed by atoms with Crippen LogP contribution in [-0.4, -0.2) is 16.8 Å². The number of nitrogens with zero attached hydrogens (tertiary/aromatic N) is 2. The van der Waals surface area contributed by atoms with Crippen molar-refractivity contribution >= 4 is 22.9 Å². The number of rotatable bonds is 4. The summed E-state index contributed by atoms with van der Waals surface area (Å²) in [6, 6.07) is 7.48. The Labute approximate surface area is 115 Å². The molecule has 2 aromatic rings. The van der Waals surface area contributed by atoms with Gasteiger partial charge in [-0.2, -0.15) is 0 Å². The van der Waals surface area contributed by atoms with Crippen LogP contribution in [0.5, 0.6) is 5.19 Å². The Morgan fingerprint density at radius 3 is 2.78 bits per heavy atom. The average molecular weight is 279 g/mol. The smallest absolute Gasteiger partial charge is 0.294 e. The first kappa shape index (κ1) is 12.9. The van der Waals surface area contributed by atoms with E-state index in [2.05, 4.69) is 22.0 Å². The molecule has 0 aliphatic heterocycles. The van der Waals surface area contributed by atoms with E-state index in [1.807, 2.05) is 31.2 Å². The molecule has 0 amide bonds. The van der Waals surface area contributed by atoms with Gasteiger partial charge in [-0.1, -0.05) is 40.2 Å². The number of benzene rings is 1. The number of hydrogen-bond donors (Lipinski definition) is 0. The summed E-state index contributed by atoms with van der Waals surface area (Å²) in [6.07, 6.45) is 0.701. The molecule has 0 N–H and O–H groups in total. The van der Waals surface area contributed by atoms with Crippen molar-refractivity contribution in [1.82, 2.24) is 10.2 Å². The lowest BCUT2D eigenvalue weighted by Crippen LogP contribution is -1.94. The quantitative estimate of drug-likeness (QED) is 0.632. The van der Waals surface area contributed by atoms with Gasteiger partial charge in [-0.3, -0.25) is 0 Å². The molecule has 0 aliphatic carbocycles. The van der Waals surface area contributed by atoms with Crippen molar-refractivity contribution in [3.8, 4) is 27.6 Å². The van der Waals surface area contributed by atoms with Crippen LogP contribution < -0.4 is 4.74 Å². The van der Waals surface area contributed by atoms with Crippen LogP contribution in [0.4, 0.5) is 0 Å². The number of aromatic nitrogens is 2. The lowest BCUT2D eigenvalue weighted by molar-refractivity contribution is 0.322. The van der Waals surface area contributed by atoms with Crippen molar-refractivity contribution in [2.45, 2.75) is 13.3 Å². The van der Waals surface area contributed by atoms with Crippen molar-refractivity contribution in [2.75, 3.05) is 6.61 Å². The van der Waals surface area contributed by atoms with Gasteiger partial charge in [-0.25, -0.2) is 0 Å². The summed E-state index contributed by atoms with van der Waals surface area (Å²) in [5, 5.41) is 10.2. The molecule has 0 aliphatic rings. The monoisotopic (exact) mass is 278 g/mol. The van der Waals surface area contributed by atoms with Gasteiger partial charge in [0.05, 0.1) is 0 Å². The molecule has 5 heteroatoms. The molecule has 1 aromatic heterocycles. The SMILES string of the molecule is CC#CCCOc1nnc(-c2ccc(Cl)cc2)s1. The summed E-state index contributed by atoms with van der Waals surface area (Å²) in [4.78, 5) is 0. The van der Waals surface area contributed by atoms with Crippen LogP contribution in [0.25, 0.3) is 10.6 Å². The van der Waals surface area contributed by atoms with Crippen molar-refractivity contribution in [1.29, 1.82) is 0 Å². The van der Waals surface area contributed by atoms with E-state index in [-0.39, 0.29) is 0 Å². The molecule has 0 radical (unpaired) electrons. The molecule has 0 fully saturated rings. The van der Waals surface area contributed by atoms with E-state index in [0.717, 1.165) is 10.6 Å². The minimum atomic E-state index is 0.538. The maximum Gasteiger partial charge on any atom is 0.294 e. The lowest BCUT2D eigenvalue weighted by Gasteiger charge is -1.96. The Morgan fingerprint density at radius 2 is 2.06 bits per heavy atom. The predicted octanol–water partition coefficient (Wildman–Crippen LogP) is 3.65. The van der Waals surface area contributed by atoms with Gasteiger partial charge in [0, 0.05) is 17.0 Å². The highest BCUT2D eigenvalue weighted by molar-refractivity contribution is 7.16. The molecule has 0 bridgehead atoms. The van der Waals surface area contributed by atoms with E-state index in [9.17, 15) is 0 Å². The van der Waals surface area contributed by atoms with Crippen molar-refractivity contribution in [3.63, 3.8) is 0 Å². The molecule has 1 heterocycles. The summed E-state index contributed by atoms with van der Waals surface area (Å²) in [7, 11) is 0. The van der Waals surface area contributed by atoms with E-state index in [1.54, 1.807) is 0 Å². The van der Waals surface area contributed by atoms with E-state index < -0.39 is 0 Å². The molecular weight excluding hydrogens is 268 g/mol. The Kier molecular flexibility index (Phi) is 4.57. The summed E-state index contributed by atoms with van der Waals surface area (Å²) >= 11 is 7.25. The molecule has 0 unspecified atom stereocenters.